The van der Waals surface area contributed by atoms with E-state index in [1.54, 1.807) is 0 Å². The molecule has 2 bridgehead atoms. The number of alkyl carbamates (subject to hydrolysis) is 1. The number of fused-ring (bicyclic) bond motifs is 1. The van der Waals surface area contributed by atoms with Crippen LogP contribution in [0, 0.1) is 11.8 Å². The molecular weight excluding hydrogens is 180 g/mol. The highest BCUT2D eigenvalue weighted by Gasteiger charge is 2.91. The van der Waals surface area contributed by atoms with Gasteiger partial charge in [0.15, 0.2) is 0 Å². The molecule has 2 aliphatic carbocycles. The van der Waals surface area contributed by atoms with E-state index < -0.39 is 5.60 Å². The Morgan fingerprint density at radius 1 is 1.57 bits per heavy atom. The van der Waals surface area contributed by atoms with E-state index in [0.29, 0.717) is 17.9 Å². The van der Waals surface area contributed by atoms with Gasteiger partial charge in [0.25, 0.3) is 0 Å². The minimum absolute atomic E-state index is 0.0995. The van der Waals surface area contributed by atoms with Crippen LogP contribution >= 0.6 is 0 Å². The van der Waals surface area contributed by atoms with Crippen LogP contribution in [0.25, 0.3) is 0 Å². The molecule has 0 radical (unpaired) electrons. The topological polar surface area (TPSA) is 50.4 Å². The first-order valence-electron chi connectivity index (χ1n) is 5.20. The quantitative estimate of drug-likeness (QED) is 0.641. The highest BCUT2D eigenvalue weighted by molar-refractivity contribution is 5.73. The van der Waals surface area contributed by atoms with Gasteiger partial charge in [0.1, 0.15) is 5.60 Å². The Kier molecular flexibility index (Phi) is 1.27. The van der Waals surface area contributed by atoms with Crippen LogP contribution in [0.2, 0.25) is 0 Å². The number of nitrogens with one attached hydrogen (secondary N) is 2. The summed E-state index contributed by atoms with van der Waals surface area (Å²) in [6, 6.07) is 0.542. The Hall–Kier alpha value is -0.770. The van der Waals surface area contributed by atoms with Gasteiger partial charge >= 0.3 is 6.09 Å². The van der Waals surface area contributed by atoms with E-state index in [4.69, 9.17) is 4.74 Å². The monoisotopic (exact) mass is 196 g/mol. The molecule has 2 heterocycles. The molecule has 0 aromatic rings. The molecule has 4 unspecified atom stereocenters. The van der Waals surface area contributed by atoms with Crippen LogP contribution in [0.15, 0.2) is 0 Å². The molecule has 4 heteroatoms. The van der Waals surface area contributed by atoms with Crippen molar-refractivity contribution in [2.24, 2.45) is 11.8 Å². The van der Waals surface area contributed by atoms with Crippen LogP contribution in [0.1, 0.15) is 20.8 Å². The minimum Gasteiger partial charge on any atom is -0.444 e. The van der Waals surface area contributed by atoms with E-state index in [9.17, 15) is 4.79 Å². The molecule has 78 valence electrons. The fraction of sp³-hybridized carbons (Fsp3) is 0.900. The molecule has 2 aliphatic heterocycles. The van der Waals surface area contributed by atoms with Gasteiger partial charge in [-0.15, -0.1) is 0 Å². The Labute approximate surface area is 83.4 Å². The molecule has 2 saturated heterocycles. The maximum absolute atomic E-state index is 11.5. The van der Waals surface area contributed by atoms with Crippen LogP contribution in [-0.2, 0) is 4.74 Å². The highest BCUT2D eigenvalue weighted by atomic mass is 16.6. The van der Waals surface area contributed by atoms with E-state index in [1.165, 1.54) is 0 Å². The molecule has 4 atom stereocenters. The first kappa shape index (κ1) is 8.53. The summed E-state index contributed by atoms with van der Waals surface area (Å²) in [4.78, 5) is 11.5. The molecule has 0 aromatic carbocycles. The van der Waals surface area contributed by atoms with Crippen LogP contribution in [0.5, 0.6) is 0 Å². The fourth-order valence-electron chi connectivity index (χ4n) is 2.87. The molecule has 2 saturated carbocycles. The molecule has 4 nitrogen and oxygen atoms in total. The summed E-state index contributed by atoms with van der Waals surface area (Å²) in [5, 5.41) is 6.37. The normalized spacial score (nSPS) is 46.9. The lowest BCUT2D eigenvalue weighted by Gasteiger charge is -2.21. The highest BCUT2D eigenvalue weighted by Crippen LogP contribution is 2.75. The van der Waals surface area contributed by atoms with Crippen molar-refractivity contribution >= 4 is 6.09 Å². The largest absolute Gasteiger partial charge is 0.444 e. The van der Waals surface area contributed by atoms with Gasteiger partial charge in [-0.3, -0.25) is 0 Å². The van der Waals surface area contributed by atoms with Gasteiger partial charge in [-0.05, 0) is 20.8 Å². The van der Waals surface area contributed by atoms with Gasteiger partial charge in [-0.1, -0.05) is 0 Å². The number of piperidine rings is 1. The van der Waals surface area contributed by atoms with E-state index in [-0.39, 0.29) is 11.6 Å². The third-order valence-corrected chi connectivity index (χ3v) is 3.53. The van der Waals surface area contributed by atoms with Gasteiger partial charge < -0.3 is 15.4 Å². The lowest BCUT2D eigenvalue weighted by Crippen LogP contribution is -2.40. The average molecular weight is 196 g/mol. The molecule has 4 aliphatic rings. The lowest BCUT2D eigenvalue weighted by atomic mass is 10.2. The SMILES string of the molecule is CC(C)(C)OC(=O)NC12C3CNC1C32. The molecule has 14 heavy (non-hydrogen) atoms. The summed E-state index contributed by atoms with van der Waals surface area (Å²) in [5.41, 5.74) is -0.297. The molecular formula is C10H16N2O2. The second-order valence-electron chi connectivity index (χ2n) is 5.58. The minimum atomic E-state index is -0.396. The number of amides is 1. The smallest absolute Gasteiger partial charge is 0.408 e. The summed E-state index contributed by atoms with van der Waals surface area (Å²) >= 11 is 0. The maximum Gasteiger partial charge on any atom is 0.408 e. The number of ether oxygens (including phenoxy) is 1. The van der Waals surface area contributed by atoms with Crippen molar-refractivity contribution in [2.45, 2.75) is 38.0 Å². The van der Waals surface area contributed by atoms with Gasteiger partial charge in [-0.2, -0.15) is 0 Å². The van der Waals surface area contributed by atoms with E-state index >= 15 is 0 Å². The summed E-state index contributed by atoms with van der Waals surface area (Å²) in [6.07, 6.45) is -0.267. The van der Waals surface area contributed by atoms with E-state index in [2.05, 4.69) is 10.6 Å². The predicted molar refractivity (Wildman–Crippen MR) is 50.9 cm³/mol. The van der Waals surface area contributed by atoms with Crippen LogP contribution < -0.4 is 10.6 Å². The lowest BCUT2D eigenvalue weighted by molar-refractivity contribution is 0.0507. The zero-order chi connectivity index (χ0) is 10.1. The average Bonchev–Trinajstić information content (AvgIpc) is 2.68. The second-order valence-corrected chi connectivity index (χ2v) is 5.58. The second kappa shape index (κ2) is 2.08. The predicted octanol–water partition coefficient (Wildman–Crippen LogP) is 0.481. The Balaban J connectivity index is 1.57. The van der Waals surface area contributed by atoms with Crippen molar-refractivity contribution in [3.8, 4) is 0 Å². The number of rotatable bonds is 1. The Morgan fingerprint density at radius 2 is 2.29 bits per heavy atom. The molecule has 4 rings (SSSR count). The van der Waals surface area contributed by atoms with Crippen LogP contribution in [-0.4, -0.2) is 29.8 Å². The number of carbonyl (C=O) groups is 1. The van der Waals surface area contributed by atoms with Crippen molar-refractivity contribution in [1.29, 1.82) is 0 Å². The molecule has 2 N–H and O–H groups in total. The third-order valence-electron chi connectivity index (χ3n) is 3.53. The van der Waals surface area contributed by atoms with Crippen LogP contribution in [0.3, 0.4) is 0 Å². The zero-order valence-corrected chi connectivity index (χ0v) is 8.76. The summed E-state index contributed by atoms with van der Waals surface area (Å²) in [6.45, 7) is 6.71. The molecule has 1 amide bonds. The number of carbonyl (C=O) groups excluding carboxylic acids is 1. The van der Waals surface area contributed by atoms with Gasteiger partial charge in [0, 0.05) is 24.4 Å². The van der Waals surface area contributed by atoms with E-state index in [1.807, 2.05) is 20.8 Å². The van der Waals surface area contributed by atoms with Gasteiger partial charge in [-0.25, -0.2) is 4.79 Å². The van der Waals surface area contributed by atoms with Crippen molar-refractivity contribution < 1.29 is 9.53 Å². The van der Waals surface area contributed by atoms with Crippen molar-refractivity contribution in [2.75, 3.05) is 6.54 Å². The van der Waals surface area contributed by atoms with Gasteiger partial charge in [0.2, 0.25) is 0 Å². The molecule has 0 spiro atoms. The first-order chi connectivity index (χ1) is 6.45. The first-order valence-corrected chi connectivity index (χ1v) is 5.20. The van der Waals surface area contributed by atoms with Crippen molar-refractivity contribution in [1.82, 2.24) is 10.6 Å². The Morgan fingerprint density at radius 3 is 2.71 bits per heavy atom. The number of hydrogen-bond acceptors (Lipinski definition) is 3. The number of hydrogen-bond donors (Lipinski definition) is 2. The summed E-state index contributed by atoms with van der Waals surface area (Å²) in [7, 11) is 0. The standard InChI is InChI=1S/C10H16N2O2/c1-9(2,3)14-8(13)12-10-5-4-11-7(10)6(5)10/h5-7,11H,4H2,1-3H3,(H,12,13). The van der Waals surface area contributed by atoms with Crippen molar-refractivity contribution in [3.63, 3.8) is 0 Å². The van der Waals surface area contributed by atoms with Gasteiger partial charge in [0.05, 0.1) is 5.54 Å². The van der Waals surface area contributed by atoms with Crippen LogP contribution in [0.4, 0.5) is 4.79 Å². The molecule has 4 fully saturated rings. The summed E-state index contributed by atoms with van der Waals surface area (Å²) < 4.78 is 5.23. The van der Waals surface area contributed by atoms with Crippen molar-refractivity contribution in [3.05, 3.63) is 0 Å². The fourth-order valence-corrected chi connectivity index (χ4v) is 2.87. The van der Waals surface area contributed by atoms with E-state index in [0.717, 1.165) is 6.54 Å². The maximum atomic E-state index is 11.5. The Bertz CT molecular complexity index is 286. The zero-order valence-electron chi connectivity index (χ0n) is 8.76. The molecule has 0 aromatic heterocycles. The summed E-state index contributed by atoms with van der Waals surface area (Å²) in [5.74, 6) is 1.38. The third kappa shape index (κ3) is 0.895.